The Kier molecular flexibility index (Phi) is 4.14. The highest BCUT2D eigenvalue weighted by molar-refractivity contribution is 7.80. The zero-order valence-electron chi connectivity index (χ0n) is 12.2. The summed E-state index contributed by atoms with van der Waals surface area (Å²) in [5.74, 6) is 0. The van der Waals surface area contributed by atoms with Gasteiger partial charge in [-0.2, -0.15) is 0 Å². The fraction of sp³-hybridized carbons (Fsp3) is 0.562. The summed E-state index contributed by atoms with van der Waals surface area (Å²) in [5, 5.41) is 0. The van der Waals surface area contributed by atoms with Gasteiger partial charge in [-0.1, -0.05) is 38.2 Å². The lowest BCUT2D eigenvalue weighted by Gasteiger charge is -2.28. The molecule has 1 aromatic carbocycles. The van der Waals surface area contributed by atoms with E-state index in [1.807, 2.05) is 12.1 Å². The topological polar surface area (TPSA) is 29.3 Å². The first-order valence-electron chi connectivity index (χ1n) is 7.05. The van der Waals surface area contributed by atoms with Crippen molar-refractivity contribution in [3.63, 3.8) is 0 Å². The Morgan fingerprint density at radius 3 is 2.68 bits per heavy atom. The van der Waals surface area contributed by atoms with Crippen LogP contribution in [0.1, 0.15) is 44.2 Å². The first-order chi connectivity index (χ1) is 8.91. The maximum Gasteiger partial charge on any atom is 0.106 e. The first kappa shape index (κ1) is 14.3. The van der Waals surface area contributed by atoms with Crippen LogP contribution in [0.4, 0.5) is 5.69 Å². The van der Waals surface area contributed by atoms with E-state index in [-0.39, 0.29) is 0 Å². The van der Waals surface area contributed by atoms with Gasteiger partial charge in [0, 0.05) is 24.3 Å². The van der Waals surface area contributed by atoms with E-state index in [4.69, 9.17) is 18.0 Å². The molecular formula is C16H24N2S. The minimum Gasteiger partial charge on any atom is -0.389 e. The lowest BCUT2D eigenvalue weighted by molar-refractivity contribution is 0.325. The molecule has 0 atom stereocenters. The first-order valence-corrected chi connectivity index (χ1v) is 7.46. The van der Waals surface area contributed by atoms with Crippen molar-refractivity contribution in [2.24, 2.45) is 11.1 Å². The van der Waals surface area contributed by atoms with Crippen molar-refractivity contribution in [3.05, 3.63) is 29.3 Å². The summed E-state index contributed by atoms with van der Waals surface area (Å²) < 4.78 is 0. The minimum absolute atomic E-state index is 0.445. The van der Waals surface area contributed by atoms with Crippen LogP contribution in [0.2, 0.25) is 0 Å². The maximum absolute atomic E-state index is 5.89. The Bertz CT molecular complexity index is 480. The molecule has 0 aliphatic carbocycles. The van der Waals surface area contributed by atoms with Crippen molar-refractivity contribution < 1.29 is 0 Å². The van der Waals surface area contributed by atoms with Crippen LogP contribution in [-0.2, 0) is 0 Å². The standard InChI is InChI=1S/C16H24N2S/c1-12-6-4-7-13(15(17)19)14(12)18-10-5-8-16(2,3)9-11-18/h4,6-7H,5,8-11H2,1-3H3,(H2,17,19). The van der Waals surface area contributed by atoms with Gasteiger partial charge in [-0.15, -0.1) is 0 Å². The average Bonchev–Trinajstić information content (AvgIpc) is 2.50. The largest absolute Gasteiger partial charge is 0.389 e. The second kappa shape index (κ2) is 5.49. The van der Waals surface area contributed by atoms with E-state index in [2.05, 4.69) is 31.7 Å². The van der Waals surface area contributed by atoms with Crippen molar-refractivity contribution in [1.82, 2.24) is 0 Å². The summed E-state index contributed by atoms with van der Waals surface area (Å²) in [6.45, 7) is 9.07. The third kappa shape index (κ3) is 3.27. The van der Waals surface area contributed by atoms with Gasteiger partial charge >= 0.3 is 0 Å². The molecule has 0 unspecified atom stereocenters. The van der Waals surface area contributed by atoms with E-state index in [0.29, 0.717) is 10.4 Å². The maximum atomic E-state index is 5.89. The quantitative estimate of drug-likeness (QED) is 0.836. The highest BCUT2D eigenvalue weighted by Gasteiger charge is 2.25. The van der Waals surface area contributed by atoms with Crippen molar-refractivity contribution in [3.8, 4) is 0 Å². The molecular weight excluding hydrogens is 252 g/mol. The molecule has 0 amide bonds. The van der Waals surface area contributed by atoms with Crippen molar-refractivity contribution >= 4 is 22.9 Å². The second-order valence-electron chi connectivity index (χ2n) is 6.34. The zero-order chi connectivity index (χ0) is 14.0. The molecule has 0 spiro atoms. The summed E-state index contributed by atoms with van der Waals surface area (Å²) in [5.41, 5.74) is 9.87. The molecule has 0 bridgehead atoms. The Morgan fingerprint density at radius 1 is 1.26 bits per heavy atom. The smallest absolute Gasteiger partial charge is 0.106 e. The highest BCUT2D eigenvalue weighted by Crippen LogP contribution is 2.34. The van der Waals surface area contributed by atoms with E-state index in [1.165, 1.54) is 30.5 Å². The molecule has 2 rings (SSSR count). The number of hydrogen-bond donors (Lipinski definition) is 1. The number of aryl methyl sites for hydroxylation is 1. The molecule has 1 saturated heterocycles. The van der Waals surface area contributed by atoms with Crippen molar-refractivity contribution in [1.29, 1.82) is 0 Å². The summed E-state index contributed by atoms with van der Waals surface area (Å²) in [6.07, 6.45) is 3.74. The monoisotopic (exact) mass is 276 g/mol. The van der Waals surface area contributed by atoms with Crippen LogP contribution in [0.3, 0.4) is 0 Å². The fourth-order valence-corrected chi connectivity index (χ4v) is 3.09. The Hall–Kier alpha value is -1.09. The average molecular weight is 276 g/mol. The Balaban J connectivity index is 2.33. The van der Waals surface area contributed by atoms with Gasteiger partial charge in [-0.3, -0.25) is 0 Å². The van der Waals surface area contributed by atoms with Crippen LogP contribution < -0.4 is 10.6 Å². The van der Waals surface area contributed by atoms with E-state index >= 15 is 0 Å². The molecule has 1 heterocycles. The van der Waals surface area contributed by atoms with Crippen LogP contribution >= 0.6 is 12.2 Å². The Labute approximate surface area is 122 Å². The molecule has 2 nitrogen and oxygen atoms in total. The van der Waals surface area contributed by atoms with Crippen molar-refractivity contribution in [2.75, 3.05) is 18.0 Å². The van der Waals surface area contributed by atoms with Crippen LogP contribution in [0.15, 0.2) is 18.2 Å². The summed E-state index contributed by atoms with van der Waals surface area (Å²) in [7, 11) is 0. The number of para-hydroxylation sites is 1. The zero-order valence-corrected chi connectivity index (χ0v) is 13.0. The predicted molar refractivity (Wildman–Crippen MR) is 86.9 cm³/mol. The molecule has 2 N–H and O–H groups in total. The van der Waals surface area contributed by atoms with Gasteiger partial charge in [0.25, 0.3) is 0 Å². The van der Waals surface area contributed by atoms with Gasteiger partial charge in [0.05, 0.1) is 0 Å². The normalized spacial score (nSPS) is 19.0. The molecule has 1 aromatic rings. The third-order valence-corrected chi connectivity index (χ3v) is 4.38. The molecule has 104 valence electrons. The summed E-state index contributed by atoms with van der Waals surface area (Å²) >= 11 is 5.21. The minimum atomic E-state index is 0.445. The number of thiocarbonyl (C=S) groups is 1. The molecule has 3 heteroatoms. The third-order valence-electron chi connectivity index (χ3n) is 4.16. The summed E-state index contributed by atoms with van der Waals surface area (Å²) in [6, 6.07) is 6.23. The molecule has 0 saturated carbocycles. The summed E-state index contributed by atoms with van der Waals surface area (Å²) in [4.78, 5) is 2.97. The number of anilines is 1. The number of hydrogen-bond acceptors (Lipinski definition) is 2. The van der Waals surface area contributed by atoms with Gasteiger partial charge in [0.2, 0.25) is 0 Å². The fourth-order valence-electron chi connectivity index (χ4n) is 2.92. The van der Waals surface area contributed by atoms with Crippen LogP contribution in [0.25, 0.3) is 0 Å². The molecule has 1 aliphatic rings. The van der Waals surface area contributed by atoms with Crippen LogP contribution in [0.5, 0.6) is 0 Å². The number of rotatable bonds is 2. The van der Waals surface area contributed by atoms with E-state index in [1.54, 1.807) is 0 Å². The van der Waals surface area contributed by atoms with E-state index in [0.717, 1.165) is 18.7 Å². The molecule has 1 fully saturated rings. The van der Waals surface area contributed by atoms with E-state index < -0.39 is 0 Å². The second-order valence-corrected chi connectivity index (χ2v) is 6.78. The predicted octanol–water partition coefficient (Wildman–Crippen LogP) is 3.65. The van der Waals surface area contributed by atoms with Crippen molar-refractivity contribution in [2.45, 2.75) is 40.0 Å². The lowest BCUT2D eigenvalue weighted by atomic mass is 9.85. The highest BCUT2D eigenvalue weighted by atomic mass is 32.1. The molecule has 0 radical (unpaired) electrons. The molecule has 1 aliphatic heterocycles. The van der Waals surface area contributed by atoms with Gasteiger partial charge < -0.3 is 10.6 Å². The van der Waals surface area contributed by atoms with Gasteiger partial charge in [-0.05, 0) is 43.2 Å². The number of nitrogens with two attached hydrogens (primary N) is 1. The molecule has 0 aromatic heterocycles. The van der Waals surface area contributed by atoms with Crippen LogP contribution in [-0.4, -0.2) is 18.1 Å². The lowest BCUT2D eigenvalue weighted by Crippen LogP contribution is -2.28. The SMILES string of the molecule is Cc1cccc(C(N)=S)c1N1CCCC(C)(C)CC1. The van der Waals surface area contributed by atoms with Crippen LogP contribution in [0, 0.1) is 12.3 Å². The van der Waals surface area contributed by atoms with Gasteiger partial charge in [0.15, 0.2) is 0 Å². The van der Waals surface area contributed by atoms with Gasteiger partial charge in [0.1, 0.15) is 4.99 Å². The Morgan fingerprint density at radius 2 is 2.00 bits per heavy atom. The number of nitrogens with zero attached hydrogens (tertiary/aromatic N) is 1. The van der Waals surface area contributed by atoms with E-state index in [9.17, 15) is 0 Å². The molecule has 19 heavy (non-hydrogen) atoms. The van der Waals surface area contributed by atoms with Gasteiger partial charge in [-0.25, -0.2) is 0 Å². The number of benzene rings is 1.